The van der Waals surface area contributed by atoms with Crippen molar-refractivity contribution in [2.24, 2.45) is 0 Å². The number of carbonyl (C=O) groups is 1. The number of ether oxygens (including phenoxy) is 1. The monoisotopic (exact) mass is 334 g/mol. The summed E-state index contributed by atoms with van der Waals surface area (Å²) < 4.78 is 5.89. The quantitative estimate of drug-likeness (QED) is 0.383. The van der Waals surface area contributed by atoms with Crippen LogP contribution in [0.1, 0.15) is 51.4 Å². The van der Waals surface area contributed by atoms with Crippen LogP contribution in [0.2, 0.25) is 0 Å². The molecule has 0 radical (unpaired) electrons. The largest absolute Gasteiger partial charge is 0.461 e. The van der Waals surface area contributed by atoms with Crippen LogP contribution >= 0.6 is 22.6 Å². The van der Waals surface area contributed by atoms with Crippen molar-refractivity contribution in [3.05, 3.63) is 11.1 Å². The van der Waals surface area contributed by atoms with Gasteiger partial charge in [-0.3, -0.25) is 0 Å². The summed E-state index contributed by atoms with van der Waals surface area (Å²) in [5, 5.41) is 0. The number of esters is 1. The van der Waals surface area contributed by atoms with E-state index in [0.717, 1.165) is 31.3 Å². The first kappa shape index (κ1) is 12.4. The van der Waals surface area contributed by atoms with Gasteiger partial charge in [0.05, 0.1) is 0 Å². The summed E-state index contributed by atoms with van der Waals surface area (Å²) >= 11 is 2.39. The molecular formula is C13H19IO2. The SMILES string of the molecule is O=C1OCC(I)CCCCC2=C1CCCC2. The highest BCUT2D eigenvalue weighted by atomic mass is 127. The van der Waals surface area contributed by atoms with Crippen molar-refractivity contribution in [2.75, 3.05) is 6.61 Å². The third-order valence-corrected chi connectivity index (χ3v) is 4.45. The van der Waals surface area contributed by atoms with Crippen LogP contribution in [0.25, 0.3) is 0 Å². The second-order valence-corrected chi connectivity index (χ2v) is 6.49. The smallest absolute Gasteiger partial charge is 0.333 e. The maximum atomic E-state index is 11.9. The predicted octanol–water partition coefficient (Wildman–Crippen LogP) is 3.78. The predicted molar refractivity (Wildman–Crippen MR) is 72.7 cm³/mol. The minimum atomic E-state index is -0.0294. The van der Waals surface area contributed by atoms with Crippen LogP contribution in [0, 0.1) is 0 Å². The first-order valence-corrected chi connectivity index (χ1v) is 7.54. The van der Waals surface area contributed by atoms with Gasteiger partial charge in [0.1, 0.15) is 6.61 Å². The Morgan fingerprint density at radius 2 is 1.75 bits per heavy atom. The van der Waals surface area contributed by atoms with Gasteiger partial charge in [-0.25, -0.2) is 4.79 Å². The average molecular weight is 334 g/mol. The maximum Gasteiger partial charge on any atom is 0.333 e. The van der Waals surface area contributed by atoms with Crippen molar-refractivity contribution in [3.63, 3.8) is 0 Å². The van der Waals surface area contributed by atoms with Gasteiger partial charge in [0.15, 0.2) is 0 Å². The van der Waals surface area contributed by atoms with E-state index in [9.17, 15) is 4.79 Å². The lowest BCUT2D eigenvalue weighted by Crippen LogP contribution is -2.19. The molecule has 16 heavy (non-hydrogen) atoms. The van der Waals surface area contributed by atoms with Crippen molar-refractivity contribution >= 4 is 28.6 Å². The number of cyclic esters (lactones) is 1. The minimum Gasteiger partial charge on any atom is -0.461 e. The van der Waals surface area contributed by atoms with Crippen LogP contribution in [0.4, 0.5) is 0 Å². The lowest BCUT2D eigenvalue weighted by molar-refractivity contribution is -0.139. The van der Waals surface area contributed by atoms with E-state index in [1.165, 1.54) is 31.3 Å². The first-order chi connectivity index (χ1) is 7.77. The average Bonchev–Trinajstić information content (AvgIpc) is 2.32. The summed E-state index contributed by atoms with van der Waals surface area (Å²) in [5.41, 5.74) is 2.40. The van der Waals surface area contributed by atoms with Crippen LogP contribution in [-0.4, -0.2) is 16.5 Å². The summed E-state index contributed by atoms with van der Waals surface area (Å²) in [5.74, 6) is -0.0294. The molecule has 0 spiro atoms. The molecule has 2 rings (SSSR count). The number of alkyl halides is 1. The number of allylic oxidation sites excluding steroid dienone is 1. The van der Waals surface area contributed by atoms with E-state index in [1.54, 1.807) is 0 Å². The van der Waals surface area contributed by atoms with E-state index in [1.807, 2.05) is 0 Å². The topological polar surface area (TPSA) is 26.3 Å². The van der Waals surface area contributed by atoms with E-state index >= 15 is 0 Å². The fourth-order valence-corrected chi connectivity index (χ4v) is 3.15. The highest BCUT2D eigenvalue weighted by molar-refractivity contribution is 14.1. The molecule has 3 heteroatoms. The Balaban J connectivity index is 2.11. The lowest BCUT2D eigenvalue weighted by Gasteiger charge is -2.22. The molecule has 0 amide bonds. The summed E-state index contributed by atoms with van der Waals surface area (Å²) in [6.07, 6.45) is 9.28. The third-order valence-electron chi connectivity index (χ3n) is 3.47. The molecule has 1 aliphatic carbocycles. The van der Waals surface area contributed by atoms with Crippen molar-refractivity contribution in [3.8, 4) is 0 Å². The van der Waals surface area contributed by atoms with Gasteiger partial charge >= 0.3 is 5.97 Å². The standard InChI is InChI=1S/C13H19IO2/c14-11-7-3-1-5-10-6-2-4-8-12(10)13(15)16-9-11/h11H,1-9H2. The second kappa shape index (κ2) is 6.03. The van der Waals surface area contributed by atoms with Crippen molar-refractivity contribution in [2.45, 2.75) is 55.3 Å². The molecule has 90 valence electrons. The Labute approximate surface area is 111 Å². The van der Waals surface area contributed by atoms with Gasteiger partial charge in [0.25, 0.3) is 0 Å². The van der Waals surface area contributed by atoms with Crippen LogP contribution in [0.15, 0.2) is 11.1 Å². The van der Waals surface area contributed by atoms with E-state index in [-0.39, 0.29) is 5.97 Å². The fourth-order valence-electron chi connectivity index (χ4n) is 2.53. The van der Waals surface area contributed by atoms with Gasteiger partial charge in [-0.1, -0.05) is 34.6 Å². The van der Waals surface area contributed by atoms with E-state index in [2.05, 4.69) is 22.6 Å². The highest BCUT2D eigenvalue weighted by Gasteiger charge is 2.21. The number of hydrogen-bond acceptors (Lipinski definition) is 2. The summed E-state index contributed by atoms with van der Waals surface area (Å²) in [6.45, 7) is 0.593. The molecule has 1 unspecified atom stereocenters. The van der Waals surface area contributed by atoms with Crippen LogP contribution in [0.5, 0.6) is 0 Å². The molecule has 0 bridgehead atoms. The Bertz CT molecular complexity index is 296. The van der Waals surface area contributed by atoms with Gasteiger partial charge in [-0.15, -0.1) is 0 Å². The Morgan fingerprint density at radius 1 is 1.06 bits per heavy atom. The zero-order valence-electron chi connectivity index (χ0n) is 9.64. The van der Waals surface area contributed by atoms with Crippen molar-refractivity contribution in [1.82, 2.24) is 0 Å². The molecule has 2 aliphatic rings. The molecule has 1 aliphatic heterocycles. The van der Waals surface area contributed by atoms with Crippen LogP contribution < -0.4 is 0 Å². The molecule has 0 aromatic heterocycles. The number of carbonyl (C=O) groups excluding carboxylic acids is 1. The van der Waals surface area contributed by atoms with Gasteiger partial charge in [0, 0.05) is 9.50 Å². The van der Waals surface area contributed by atoms with Gasteiger partial charge in [-0.05, 0) is 44.9 Å². The molecule has 1 atom stereocenters. The lowest BCUT2D eigenvalue weighted by atomic mass is 9.88. The molecule has 0 saturated carbocycles. The number of rotatable bonds is 0. The number of hydrogen-bond donors (Lipinski definition) is 0. The van der Waals surface area contributed by atoms with E-state index in [4.69, 9.17) is 4.74 Å². The second-order valence-electron chi connectivity index (χ2n) is 4.73. The van der Waals surface area contributed by atoms with Crippen LogP contribution in [0.3, 0.4) is 0 Å². The van der Waals surface area contributed by atoms with E-state index < -0.39 is 0 Å². The zero-order chi connectivity index (χ0) is 11.4. The van der Waals surface area contributed by atoms with Gasteiger partial charge in [0.2, 0.25) is 0 Å². The Kier molecular flexibility index (Phi) is 4.67. The molecule has 0 aromatic carbocycles. The zero-order valence-corrected chi connectivity index (χ0v) is 11.8. The molecule has 0 N–H and O–H groups in total. The van der Waals surface area contributed by atoms with Gasteiger partial charge in [-0.2, -0.15) is 0 Å². The molecule has 0 saturated heterocycles. The Hall–Kier alpha value is -0.0600. The summed E-state index contributed by atoms with van der Waals surface area (Å²) in [7, 11) is 0. The summed E-state index contributed by atoms with van der Waals surface area (Å²) in [6, 6.07) is 0. The van der Waals surface area contributed by atoms with Crippen molar-refractivity contribution in [1.29, 1.82) is 0 Å². The molecule has 1 heterocycles. The first-order valence-electron chi connectivity index (χ1n) is 6.29. The molecule has 2 nitrogen and oxygen atoms in total. The third kappa shape index (κ3) is 3.22. The number of halogens is 1. The van der Waals surface area contributed by atoms with Gasteiger partial charge < -0.3 is 4.74 Å². The molecule has 0 aromatic rings. The van der Waals surface area contributed by atoms with E-state index in [0.29, 0.717) is 10.5 Å². The molecular weight excluding hydrogens is 315 g/mol. The van der Waals surface area contributed by atoms with Crippen LogP contribution in [-0.2, 0) is 9.53 Å². The maximum absolute atomic E-state index is 11.9. The summed E-state index contributed by atoms with van der Waals surface area (Å²) in [4.78, 5) is 11.9. The normalized spacial score (nSPS) is 28.3. The fraction of sp³-hybridized carbons (Fsp3) is 0.769. The highest BCUT2D eigenvalue weighted by Crippen LogP contribution is 2.30. The Morgan fingerprint density at radius 3 is 2.56 bits per heavy atom. The molecule has 0 fully saturated rings. The minimum absolute atomic E-state index is 0.0294. The van der Waals surface area contributed by atoms with Crippen molar-refractivity contribution < 1.29 is 9.53 Å².